The van der Waals surface area contributed by atoms with Gasteiger partial charge in [-0.15, -0.1) is 0 Å². The fourth-order valence-corrected chi connectivity index (χ4v) is 4.94. The molecule has 2 aromatic heterocycles. The van der Waals surface area contributed by atoms with E-state index in [2.05, 4.69) is 27.4 Å². The fraction of sp³-hybridized carbons (Fsp3) is 0.556. The first-order valence-corrected chi connectivity index (χ1v) is 13.1. The summed E-state index contributed by atoms with van der Waals surface area (Å²) < 4.78 is 2.34. The lowest BCUT2D eigenvalue weighted by molar-refractivity contribution is -0.134. The minimum Gasteiger partial charge on any atom is -0.382 e. The number of ketones is 1. The van der Waals surface area contributed by atoms with Gasteiger partial charge < -0.3 is 15.2 Å². The molecule has 35 heavy (non-hydrogen) atoms. The molecule has 3 aromatic rings. The van der Waals surface area contributed by atoms with Crippen LogP contribution in [0, 0.1) is 0 Å². The molecule has 4 rings (SSSR count). The van der Waals surface area contributed by atoms with Gasteiger partial charge in [0.05, 0.1) is 11.0 Å². The van der Waals surface area contributed by atoms with Gasteiger partial charge in [0.15, 0.2) is 5.82 Å². The molecule has 1 aromatic carbocycles. The Morgan fingerprint density at radius 1 is 0.943 bits per heavy atom. The van der Waals surface area contributed by atoms with E-state index >= 15 is 0 Å². The van der Waals surface area contributed by atoms with Crippen molar-refractivity contribution in [1.29, 1.82) is 0 Å². The number of fused-ring (bicyclic) bond motifs is 3. The summed E-state index contributed by atoms with van der Waals surface area (Å²) in [5, 5.41) is 1.08. The molecule has 3 heterocycles. The summed E-state index contributed by atoms with van der Waals surface area (Å²) in [5.41, 5.74) is 9.08. The molecule has 0 atom stereocenters. The molecule has 188 valence electrons. The second-order valence-electron chi connectivity index (χ2n) is 9.51. The molecule has 1 aliphatic rings. The fourth-order valence-electron chi connectivity index (χ4n) is 4.94. The number of carbonyl (C=O) groups is 2. The maximum absolute atomic E-state index is 12.5. The van der Waals surface area contributed by atoms with Crippen LogP contribution < -0.4 is 5.73 Å². The number of imidazole rings is 1. The Hall–Kier alpha value is -3.00. The summed E-state index contributed by atoms with van der Waals surface area (Å²) in [6.07, 6.45) is 5.22. The van der Waals surface area contributed by atoms with E-state index in [1.807, 2.05) is 30.0 Å². The molecule has 0 unspecified atom stereocenters. The lowest BCUT2D eigenvalue weighted by Crippen LogP contribution is -2.49. The number of rotatable bonds is 11. The molecule has 1 fully saturated rings. The first kappa shape index (κ1) is 25.1. The van der Waals surface area contributed by atoms with Gasteiger partial charge >= 0.3 is 0 Å². The zero-order chi connectivity index (χ0) is 24.8. The second kappa shape index (κ2) is 11.6. The molecule has 0 aliphatic carbocycles. The third-order valence-corrected chi connectivity index (χ3v) is 6.95. The second-order valence-corrected chi connectivity index (χ2v) is 9.51. The summed E-state index contributed by atoms with van der Waals surface area (Å²) in [7, 11) is 0. The molecule has 8 nitrogen and oxygen atoms in total. The number of pyridine rings is 1. The van der Waals surface area contributed by atoms with Crippen molar-refractivity contribution in [3.63, 3.8) is 0 Å². The first-order chi connectivity index (χ1) is 17.0. The van der Waals surface area contributed by atoms with Crippen molar-refractivity contribution < 1.29 is 9.59 Å². The predicted molar refractivity (Wildman–Crippen MR) is 140 cm³/mol. The van der Waals surface area contributed by atoms with Gasteiger partial charge in [-0.05, 0) is 18.9 Å². The third-order valence-electron chi connectivity index (χ3n) is 6.95. The molecule has 2 N–H and O–H groups in total. The van der Waals surface area contributed by atoms with Gasteiger partial charge in [-0.3, -0.25) is 14.5 Å². The molecule has 0 radical (unpaired) electrons. The highest BCUT2D eigenvalue weighted by Gasteiger charge is 2.22. The van der Waals surface area contributed by atoms with Crippen molar-refractivity contribution in [1.82, 2.24) is 24.3 Å². The van der Waals surface area contributed by atoms with E-state index in [4.69, 9.17) is 10.7 Å². The van der Waals surface area contributed by atoms with E-state index in [9.17, 15) is 9.59 Å². The van der Waals surface area contributed by atoms with Crippen LogP contribution in [-0.4, -0.2) is 68.7 Å². The van der Waals surface area contributed by atoms with Gasteiger partial charge in [-0.2, -0.15) is 0 Å². The number of Topliss-reactive ketones (excluding diaryl/α,β-unsaturated/α-hetero) is 1. The van der Waals surface area contributed by atoms with Crippen LogP contribution in [0.2, 0.25) is 0 Å². The highest BCUT2D eigenvalue weighted by Crippen LogP contribution is 2.29. The van der Waals surface area contributed by atoms with Gasteiger partial charge in [-0.1, -0.05) is 38.5 Å². The van der Waals surface area contributed by atoms with Gasteiger partial charge in [0, 0.05) is 70.3 Å². The summed E-state index contributed by atoms with van der Waals surface area (Å²) in [4.78, 5) is 38.1. The number of piperazine rings is 1. The van der Waals surface area contributed by atoms with Crippen molar-refractivity contribution in [3.8, 4) is 0 Å². The minimum absolute atomic E-state index is 0.103. The van der Waals surface area contributed by atoms with Crippen LogP contribution in [0.15, 0.2) is 24.3 Å². The van der Waals surface area contributed by atoms with Crippen LogP contribution in [0.25, 0.3) is 21.9 Å². The Bertz CT molecular complexity index is 1180. The predicted octanol–water partition coefficient (Wildman–Crippen LogP) is 3.80. The number of nitrogen functional groups attached to an aromatic ring is 1. The van der Waals surface area contributed by atoms with Crippen molar-refractivity contribution in [2.75, 3.05) is 38.5 Å². The smallest absolute Gasteiger partial charge is 0.223 e. The van der Waals surface area contributed by atoms with Crippen molar-refractivity contribution in [3.05, 3.63) is 30.1 Å². The molecular formula is C27H38N6O2. The Labute approximate surface area is 207 Å². The summed E-state index contributed by atoms with van der Waals surface area (Å²) >= 11 is 0. The Kier molecular flexibility index (Phi) is 8.33. The number of hydrogen-bond acceptors (Lipinski definition) is 6. The molecule has 1 saturated heterocycles. The number of unbranched alkanes of at least 4 members (excludes halogenated alkanes) is 1. The molecule has 0 saturated carbocycles. The van der Waals surface area contributed by atoms with Gasteiger partial charge in [-0.25, -0.2) is 9.97 Å². The van der Waals surface area contributed by atoms with E-state index in [1.54, 1.807) is 0 Å². The van der Waals surface area contributed by atoms with Crippen LogP contribution in [0.1, 0.15) is 58.2 Å². The quantitative estimate of drug-likeness (QED) is 0.450. The number of amides is 1. The van der Waals surface area contributed by atoms with Crippen molar-refractivity contribution in [2.45, 2.75) is 65.3 Å². The lowest BCUT2D eigenvalue weighted by atomic mass is 10.1. The number of para-hydroxylation sites is 1. The number of nitrogens with zero attached hydrogens (tertiary/aromatic N) is 5. The van der Waals surface area contributed by atoms with Gasteiger partial charge in [0.25, 0.3) is 0 Å². The summed E-state index contributed by atoms with van der Waals surface area (Å²) in [6, 6.07) is 8.12. The molecule has 8 heteroatoms. The number of benzene rings is 1. The number of nitrogens with two attached hydrogens (primary N) is 1. The van der Waals surface area contributed by atoms with E-state index in [0.29, 0.717) is 38.2 Å². The minimum atomic E-state index is 0.103. The van der Waals surface area contributed by atoms with Crippen LogP contribution in [0.5, 0.6) is 0 Å². The van der Waals surface area contributed by atoms with Crippen LogP contribution in [0.4, 0.5) is 5.82 Å². The molecular weight excluding hydrogens is 440 g/mol. The summed E-state index contributed by atoms with van der Waals surface area (Å²) in [5.74, 6) is 1.84. The average Bonchev–Trinajstić information content (AvgIpc) is 3.24. The van der Waals surface area contributed by atoms with Crippen LogP contribution in [-0.2, 0) is 22.6 Å². The van der Waals surface area contributed by atoms with E-state index < -0.39 is 0 Å². The maximum atomic E-state index is 12.5. The van der Waals surface area contributed by atoms with E-state index in [1.165, 1.54) is 0 Å². The molecule has 0 spiro atoms. The lowest BCUT2D eigenvalue weighted by Gasteiger charge is -2.35. The van der Waals surface area contributed by atoms with E-state index in [-0.39, 0.29) is 11.7 Å². The number of carbonyl (C=O) groups excluding carboxylic acids is 2. The average molecular weight is 479 g/mol. The van der Waals surface area contributed by atoms with Gasteiger partial charge in [0.1, 0.15) is 17.1 Å². The zero-order valence-corrected chi connectivity index (χ0v) is 21.1. The normalized spacial score (nSPS) is 14.7. The highest BCUT2D eigenvalue weighted by molar-refractivity contribution is 6.06. The molecule has 1 amide bonds. The third kappa shape index (κ3) is 5.81. The summed E-state index contributed by atoms with van der Waals surface area (Å²) in [6.45, 7) is 9.01. The topological polar surface area (TPSA) is 97.3 Å². The molecule has 1 aliphatic heterocycles. The number of hydrogen-bond donors (Lipinski definition) is 1. The van der Waals surface area contributed by atoms with E-state index in [0.717, 1.165) is 79.6 Å². The zero-order valence-electron chi connectivity index (χ0n) is 21.1. The molecule has 0 bridgehead atoms. The first-order valence-electron chi connectivity index (χ1n) is 13.1. The SMILES string of the molecule is CCCCc1nc2c(N)nc3ccccc3c2n1CCN1CCN(C(=O)CCC(=O)CCC)CC1. The number of aromatic nitrogens is 3. The highest BCUT2D eigenvalue weighted by atomic mass is 16.2. The van der Waals surface area contributed by atoms with Gasteiger partial charge in [0.2, 0.25) is 5.91 Å². The van der Waals surface area contributed by atoms with Crippen molar-refractivity contribution in [2.24, 2.45) is 0 Å². The largest absolute Gasteiger partial charge is 0.382 e. The number of aryl methyl sites for hydroxylation is 1. The standard InChI is InChI=1S/C27H38N6O2/c1-3-5-11-23-30-25-26(21-9-6-7-10-22(21)29-27(25)28)33(23)19-16-31-14-17-32(18-15-31)24(35)13-12-20(34)8-4-2/h6-7,9-10H,3-5,8,11-19H2,1-2H3,(H2,28,29). The van der Waals surface area contributed by atoms with Crippen LogP contribution in [0.3, 0.4) is 0 Å². The Balaban J connectivity index is 1.44. The maximum Gasteiger partial charge on any atom is 0.223 e. The monoisotopic (exact) mass is 478 g/mol. The van der Waals surface area contributed by atoms with Crippen molar-refractivity contribution >= 4 is 39.4 Å². The van der Waals surface area contributed by atoms with Crippen LogP contribution >= 0.6 is 0 Å². The number of anilines is 1. The Morgan fingerprint density at radius 2 is 1.71 bits per heavy atom. The Morgan fingerprint density at radius 3 is 2.46 bits per heavy atom.